The molecule has 3 aromatic rings. The predicted molar refractivity (Wildman–Crippen MR) is 118 cm³/mol. The Morgan fingerprint density at radius 3 is 2.61 bits per heavy atom. The highest BCUT2D eigenvalue weighted by Crippen LogP contribution is 2.33. The summed E-state index contributed by atoms with van der Waals surface area (Å²) in [6.45, 7) is 3.83. The standard InChI is InChI=1S/C22H24N4O4S/c1-2-30-22(29)25-11-9-24(10-12-25)20(27)14-7-8-17-23-19-18(21(28)26(17)13-14)15-5-3-4-6-16(15)31-19/h7-8,13H,2-6,9-12H2,1H3. The molecule has 1 fully saturated rings. The summed E-state index contributed by atoms with van der Waals surface area (Å²) in [6.07, 6.45) is 5.44. The van der Waals surface area contributed by atoms with Crippen molar-refractivity contribution in [1.82, 2.24) is 19.2 Å². The number of amides is 2. The lowest BCUT2D eigenvalue weighted by molar-refractivity contribution is 0.0570. The molecule has 162 valence electrons. The molecule has 0 unspecified atom stereocenters. The molecule has 0 saturated carbocycles. The van der Waals surface area contributed by atoms with Crippen LogP contribution in [-0.4, -0.2) is 64.0 Å². The third kappa shape index (κ3) is 3.46. The van der Waals surface area contributed by atoms with Crippen molar-refractivity contribution in [3.63, 3.8) is 0 Å². The highest BCUT2D eigenvalue weighted by molar-refractivity contribution is 7.18. The lowest BCUT2D eigenvalue weighted by Gasteiger charge is -2.34. The minimum atomic E-state index is -0.346. The number of fused-ring (bicyclic) bond motifs is 4. The molecule has 1 saturated heterocycles. The Bertz CT molecular complexity index is 1240. The summed E-state index contributed by atoms with van der Waals surface area (Å²) in [5.41, 5.74) is 2.05. The first kappa shape index (κ1) is 20.0. The summed E-state index contributed by atoms with van der Waals surface area (Å²) in [5.74, 6) is -0.148. The molecule has 31 heavy (non-hydrogen) atoms. The van der Waals surface area contributed by atoms with Crippen LogP contribution < -0.4 is 5.56 Å². The fourth-order valence-electron chi connectivity index (χ4n) is 4.44. The van der Waals surface area contributed by atoms with E-state index >= 15 is 0 Å². The van der Waals surface area contributed by atoms with Crippen LogP contribution in [0.25, 0.3) is 15.9 Å². The van der Waals surface area contributed by atoms with Crippen molar-refractivity contribution >= 4 is 39.2 Å². The minimum absolute atomic E-state index is 0.0961. The smallest absolute Gasteiger partial charge is 0.409 e. The summed E-state index contributed by atoms with van der Waals surface area (Å²) in [7, 11) is 0. The van der Waals surface area contributed by atoms with E-state index in [9.17, 15) is 14.4 Å². The van der Waals surface area contributed by atoms with E-state index in [2.05, 4.69) is 0 Å². The van der Waals surface area contributed by atoms with Crippen LogP contribution in [0, 0.1) is 0 Å². The number of hydrogen-bond acceptors (Lipinski definition) is 6. The van der Waals surface area contributed by atoms with Gasteiger partial charge in [0.15, 0.2) is 0 Å². The maximum absolute atomic E-state index is 13.3. The molecule has 2 amide bonds. The maximum Gasteiger partial charge on any atom is 0.409 e. The maximum atomic E-state index is 13.3. The predicted octanol–water partition coefficient (Wildman–Crippen LogP) is 2.70. The fraction of sp³-hybridized carbons (Fsp3) is 0.455. The van der Waals surface area contributed by atoms with E-state index < -0.39 is 0 Å². The summed E-state index contributed by atoms with van der Waals surface area (Å²) in [6, 6.07) is 3.46. The van der Waals surface area contributed by atoms with E-state index in [4.69, 9.17) is 9.72 Å². The Labute approximate surface area is 183 Å². The normalized spacial score (nSPS) is 16.5. The number of carbonyl (C=O) groups excluding carboxylic acids is 2. The number of piperazine rings is 1. The largest absolute Gasteiger partial charge is 0.450 e. The van der Waals surface area contributed by atoms with Crippen LogP contribution in [0.5, 0.6) is 0 Å². The first-order valence-corrected chi connectivity index (χ1v) is 11.6. The van der Waals surface area contributed by atoms with Crippen LogP contribution >= 0.6 is 11.3 Å². The Kier molecular flexibility index (Phi) is 5.13. The number of carbonyl (C=O) groups is 2. The van der Waals surface area contributed by atoms with Gasteiger partial charge < -0.3 is 14.5 Å². The Balaban J connectivity index is 1.44. The molecule has 0 bridgehead atoms. The van der Waals surface area contributed by atoms with Gasteiger partial charge in [0.05, 0.1) is 17.6 Å². The second-order valence-corrected chi connectivity index (χ2v) is 9.02. The summed E-state index contributed by atoms with van der Waals surface area (Å²) < 4.78 is 6.54. The van der Waals surface area contributed by atoms with Crippen molar-refractivity contribution in [2.75, 3.05) is 32.8 Å². The molecule has 4 heterocycles. The van der Waals surface area contributed by atoms with Crippen molar-refractivity contribution in [3.05, 3.63) is 44.7 Å². The average Bonchev–Trinajstić information content (AvgIpc) is 3.17. The Morgan fingerprint density at radius 2 is 1.84 bits per heavy atom. The molecule has 0 atom stereocenters. The monoisotopic (exact) mass is 440 g/mol. The van der Waals surface area contributed by atoms with E-state index in [1.807, 2.05) is 0 Å². The zero-order valence-corrected chi connectivity index (χ0v) is 18.2. The molecule has 0 N–H and O–H groups in total. The van der Waals surface area contributed by atoms with Gasteiger partial charge in [-0.25, -0.2) is 9.78 Å². The van der Waals surface area contributed by atoms with Gasteiger partial charge in [-0.2, -0.15) is 0 Å². The molecule has 5 rings (SSSR count). The van der Waals surface area contributed by atoms with Crippen molar-refractivity contribution < 1.29 is 14.3 Å². The number of nitrogens with zero attached hydrogens (tertiary/aromatic N) is 4. The molecular formula is C22H24N4O4S. The third-order valence-electron chi connectivity index (χ3n) is 6.07. The molecule has 1 aliphatic heterocycles. The number of rotatable bonds is 2. The highest BCUT2D eigenvalue weighted by atomic mass is 32.1. The molecule has 2 aliphatic rings. The van der Waals surface area contributed by atoms with Crippen LogP contribution in [0.2, 0.25) is 0 Å². The average molecular weight is 441 g/mol. The van der Waals surface area contributed by atoms with Crippen LogP contribution in [-0.2, 0) is 17.6 Å². The molecule has 9 heteroatoms. The molecule has 0 aromatic carbocycles. The number of hydrogen-bond donors (Lipinski definition) is 0. The SMILES string of the molecule is CCOC(=O)N1CCN(C(=O)c2ccc3nc4sc5c(c4c(=O)n3c2)CCCC5)CC1. The molecule has 3 aromatic heterocycles. The van der Waals surface area contributed by atoms with Gasteiger partial charge in [0.1, 0.15) is 10.5 Å². The minimum Gasteiger partial charge on any atom is -0.450 e. The van der Waals surface area contributed by atoms with Gasteiger partial charge in [-0.05, 0) is 50.3 Å². The lowest BCUT2D eigenvalue weighted by atomic mass is 9.97. The Hall–Kier alpha value is -2.94. The third-order valence-corrected chi connectivity index (χ3v) is 7.25. The number of aryl methyl sites for hydroxylation is 2. The van der Waals surface area contributed by atoms with Gasteiger partial charge in [-0.1, -0.05) is 0 Å². The second-order valence-electron chi connectivity index (χ2n) is 7.93. The van der Waals surface area contributed by atoms with Crippen LogP contribution in [0.1, 0.15) is 40.6 Å². The Morgan fingerprint density at radius 1 is 1.10 bits per heavy atom. The number of thiophene rings is 1. The molecular weight excluding hydrogens is 416 g/mol. The van der Waals surface area contributed by atoms with Gasteiger partial charge in [-0.3, -0.25) is 14.0 Å². The summed E-state index contributed by atoms with van der Waals surface area (Å²) in [4.78, 5) is 48.3. The number of pyridine rings is 1. The van der Waals surface area contributed by atoms with E-state index in [-0.39, 0.29) is 17.6 Å². The van der Waals surface area contributed by atoms with Crippen molar-refractivity contribution in [2.24, 2.45) is 0 Å². The van der Waals surface area contributed by atoms with Gasteiger partial charge in [0.2, 0.25) is 0 Å². The van der Waals surface area contributed by atoms with Crippen molar-refractivity contribution in [1.29, 1.82) is 0 Å². The zero-order chi connectivity index (χ0) is 21.5. The molecule has 8 nitrogen and oxygen atoms in total. The zero-order valence-electron chi connectivity index (χ0n) is 17.4. The van der Waals surface area contributed by atoms with Crippen molar-refractivity contribution in [3.8, 4) is 0 Å². The summed E-state index contributed by atoms with van der Waals surface area (Å²) in [5, 5.41) is 0.713. The number of ether oxygens (including phenoxy) is 1. The fourth-order valence-corrected chi connectivity index (χ4v) is 5.70. The second kappa shape index (κ2) is 7.96. The van der Waals surface area contributed by atoms with Crippen LogP contribution in [0.15, 0.2) is 23.1 Å². The molecule has 0 radical (unpaired) electrons. The van der Waals surface area contributed by atoms with E-state index in [0.29, 0.717) is 49.4 Å². The van der Waals surface area contributed by atoms with Gasteiger partial charge in [0, 0.05) is 37.3 Å². The van der Waals surface area contributed by atoms with Gasteiger partial charge >= 0.3 is 6.09 Å². The topological polar surface area (TPSA) is 84.2 Å². The lowest BCUT2D eigenvalue weighted by Crippen LogP contribution is -2.50. The molecule has 0 spiro atoms. The van der Waals surface area contributed by atoms with E-state index in [1.54, 1.807) is 46.4 Å². The van der Waals surface area contributed by atoms with Crippen molar-refractivity contribution in [2.45, 2.75) is 32.6 Å². The van der Waals surface area contributed by atoms with Gasteiger partial charge in [0.25, 0.3) is 11.5 Å². The van der Waals surface area contributed by atoms with Crippen LogP contribution in [0.3, 0.4) is 0 Å². The quantitative estimate of drug-likeness (QED) is 0.612. The molecule has 1 aliphatic carbocycles. The summed E-state index contributed by atoms with van der Waals surface area (Å²) >= 11 is 1.63. The van der Waals surface area contributed by atoms with E-state index in [0.717, 1.165) is 36.1 Å². The highest BCUT2D eigenvalue weighted by Gasteiger charge is 2.26. The van der Waals surface area contributed by atoms with Gasteiger partial charge in [-0.15, -0.1) is 11.3 Å². The van der Waals surface area contributed by atoms with E-state index in [1.165, 1.54) is 9.28 Å². The number of aromatic nitrogens is 2. The first-order valence-electron chi connectivity index (χ1n) is 10.7. The van der Waals surface area contributed by atoms with Crippen LogP contribution in [0.4, 0.5) is 4.79 Å². The first-order chi connectivity index (χ1) is 15.1.